The molecule has 4 nitrogen and oxygen atoms in total. The summed E-state index contributed by atoms with van der Waals surface area (Å²) in [6.45, 7) is -0.141. The molecule has 0 bridgehead atoms. The van der Waals surface area contributed by atoms with Crippen molar-refractivity contribution in [2.24, 2.45) is 0 Å². The first-order chi connectivity index (χ1) is 6.81. The standard InChI is InChI=1S/C10H13NO3/c12-6-10-8(13)4-9(14-10)7-2-1-3-11-5-7/h1-3,5,8-10,12-13H,4,6H2/t8-,9+,10+/m0/s1. The Morgan fingerprint density at radius 3 is 3.00 bits per heavy atom. The lowest BCUT2D eigenvalue weighted by molar-refractivity contribution is -0.0226. The molecule has 4 heteroatoms. The van der Waals surface area contributed by atoms with Gasteiger partial charge in [-0.05, 0) is 11.6 Å². The summed E-state index contributed by atoms with van der Waals surface area (Å²) in [4.78, 5) is 3.98. The molecule has 2 heterocycles. The van der Waals surface area contributed by atoms with Gasteiger partial charge in [-0.1, -0.05) is 6.07 Å². The monoisotopic (exact) mass is 195 g/mol. The van der Waals surface area contributed by atoms with Gasteiger partial charge in [0.25, 0.3) is 0 Å². The van der Waals surface area contributed by atoms with Gasteiger partial charge in [0.2, 0.25) is 0 Å². The van der Waals surface area contributed by atoms with E-state index in [1.54, 1.807) is 12.4 Å². The molecule has 76 valence electrons. The molecule has 0 amide bonds. The molecule has 1 aromatic heterocycles. The molecule has 0 aromatic carbocycles. The number of nitrogens with zero attached hydrogens (tertiary/aromatic N) is 1. The zero-order chi connectivity index (χ0) is 9.97. The Bertz CT molecular complexity index is 291. The quantitative estimate of drug-likeness (QED) is 0.710. The lowest BCUT2D eigenvalue weighted by atomic mass is 10.1. The summed E-state index contributed by atoms with van der Waals surface area (Å²) in [6.07, 6.45) is 2.76. The molecule has 0 spiro atoms. The molecule has 1 aromatic rings. The maximum atomic E-state index is 9.52. The van der Waals surface area contributed by atoms with Gasteiger partial charge in [-0.25, -0.2) is 0 Å². The van der Waals surface area contributed by atoms with Crippen LogP contribution in [-0.4, -0.2) is 34.0 Å². The summed E-state index contributed by atoms with van der Waals surface area (Å²) in [5.74, 6) is 0. The third-order valence-electron chi connectivity index (χ3n) is 2.46. The van der Waals surface area contributed by atoms with Gasteiger partial charge in [0.05, 0.1) is 18.8 Å². The number of hydrogen-bond donors (Lipinski definition) is 2. The molecule has 1 saturated heterocycles. The van der Waals surface area contributed by atoms with Crippen molar-refractivity contribution < 1.29 is 14.9 Å². The van der Waals surface area contributed by atoms with E-state index in [2.05, 4.69) is 4.98 Å². The van der Waals surface area contributed by atoms with Crippen LogP contribution in [0.3, 0.4) is 0 Å². The predicted octanol–water partition coefficient (Wildman–Crippen LogP) is 0.265. The van der Waals surface area contributed by atoms with Crippen molar-refractivity contribution in [3.63, 3.8) is 0 Å². The van der Waals surface area contributed by atoms with Gasteiger partial charge in [-0.2, -0.15) is 0 Å². The third kappa shape index (κ3) is 1.77. The molecule has 1 aliphatic rings. The van der Waals surface area contributed by atoms with Crippen molar-refractivity contribution in [3.8, 4) is 0 Å². The van der Waals surface area contributed by atoms with Crippen LogP contribution in [0.4, 0.5) is 0 Å². The van der Waals surface area contributed by atoms with Crippen LogP contribution in [0.2, 0.25) is 0 Å². The molecule has 0 aliphatic carbocycles. The van der Waals surface area contributed by atoms with Crippen LogP contribution in [0, 0.1) is 0 Å². The molecule has 1 aliphatic heterocycles. The van der Waals surface area contributed by atoms with Crippen molar-refractivity contribution in [2.75, 3.05) is 6.61 Å². The molecule has 14 heavy (non-hydrogen) atoms. The van der Waals surface area contributed by atoms with Gasteiger partial charge in [0, 0.05) is 18.8 Å². The minimum absolute atomic E-state index is 0.141. The molecule has 2 N–H and O–H groups in total. The first-order valence-corrected chi connectivity index (χ1v) is 4.65. The number of aliphatic hydroxyl groups is 2. The molecular formula is C10H13NO3. The zero-order valence-electron chi connectivity index (χ0n) is 7.71. The number of pyridine rings is 1. The summed E-state index contributed by atoms with van der Waals surface area (Å²) < 4.78 is 5.47. The van der Waals surface area contributed by atoms with E-state index in [4.69, 9.17) is 9.84 Å². The fourth-order valence-corrected chi connectivity index (χ4v) is 1.67. The predicted molar refractivity (Wildman–Crippen MR) is 49.6 cm³/mol. The van der Waals surface area contributed by atoms with Gasteiger partial charge in [-0.3, -0.25) is 4.98 Å². The maximum absolute atomic E-state index is 9.52. The van der Waals surface area contributed by atoms with E-state index in [-0.39, 0.29) is 12.7 Å². The topological polar surface area (TPSA) is 62.6 Å². The smallest absolute Gasteiger partial charge is 0.107 e. The summed E-state index contributed by atoms with van der Waals surface area (Å²) in [5.41, 5.74) is 0.947. The van der Waals surface area contributed by atoms with Crippen LogP contribution in [-0.2, 0) is 4.74 Å². The van der Waals surface area contributed by atoms with Crippen molar-refractivity contribution in [1.29, 1.82) is 0 Å². The van der Waals surface area contributed by atoms with Crippen LogP contribution in [0.1, 0.15) is 18.1 Å². The number of aromatic nitrogens is 1. The van der Waals surface area contributed by atoms with E-state index in [0.29, 0.717) is 6.42 Å². The second kappa shape index (κ2) is 4.04. The number of rotatable bonds is 2. The lowest BCUT2D eigenvalue weighted by Crippen LogP contribution is -2.24. The van der Waals surface area contributed by atoms with Crippen LogP contribution in [0.25, 0.3) is 0 Å². The minimum atomic E-state index is -0.579. The molecule has 1 fully saturated rings. The fourth-order valence-electron chi connectivity index (χ4n) is 1.67. The van der Waals surface area contributed by atoms with E-state index in [0.717, 1.165) is 5.56 Å². The SMILES string of the molecule is OC[C@H]1O[C@@H](c2cccnc2)C[C@@H]1O. The van der Waals surface area contributed by atoms with Crippen LogP contribution < -0.4 is 0 Å². The van der Waals surface area contributed by atoms with Crippen molar-refractivity contribution >= 4 is 0 Å². The largest absolute Gasteiger partial charge is 0.394 e. The van der Waals surface area contributed by atoms with E-state index in [9.17, 15) is 5.11 Å². The fraction of sp³-hybridized carbons (Fsp3) is 0.500. The molecule has 2 rings (SSSR count). The average Bonchev–Trinajstić information content (AvgIpc) is 2.61. The first kappa shape index (κ1) is 9.58. The van der Waals surface area contributed by atoms with Crippen LogP contribution in [0.15, 0.2) is 24.5 Å². The van der Waals surface area contributed by atoms with Gasteiger partial charge in [-0.15, -0.1) is 0 Å². The highest BCUT2D eigenvalue weighted by Crippen LogP contribution is 2.32. The molecule has 0 saturated carbocycles. The maximum Gasteiger partial charge on any atom is 0.107 e. The second-order valence-corrected chi connectivity index (χ2v) is 3.44. The van der Waals surface area contributed by atoms with Gasteiger partial charge < -0.3 is 14.9 Å². The highest BCUT2D eigenvalue weighted by atomic mass is 16.5. The number of hydrogen-bond acceptors (Lipinski definition) is 4. The summed E-state index contributed by atoms with van der Waals surface area (Å²) in [5, 5.41) is 18.4. The van der Waals surface area contributed by atoms with Crippen molar-refractivity contribution in [1.82, 2.24) is 4.98 Å². The van der Waals surface area contributed by atoms with Gasteiger partial charge >= 0.3 is 0 Å². The normalized spacial score (nSPS) is 32.0. The Morgan fingerprint density at radius 2 is 2.43 bits per heavy atom. The van der Waals surface area contributed by atoms with E-state index in [1.165, 1.54) is 0 Å². The summed E-state index contributed by atoms with van der Waals surface area (Å²) in [7, 11) is 0. The van der Waals surface area contributed by atoms with Gasteiger partial charge in [0.1, 0.15) is 6.10 Å². The van der Waals surface area contributed by atoms with Gasteiger partial charge in [0.15, 0.2) is 0 Å². The van der Waals surface area contributed by atoms with E-state index in [1.807, 2.05) is 12.1 Å². The first-order valence-electron chi connectivity index (χ1n) is 4.65. The lowest BCUT2D eigenvalue weighted by Gasteiger charge is -2.11. The number of ether oxygens (including phenoxy) is 1. The highest BCUT2D eigenvalue weighted by molar-refractivity contribution is 5.14. The third-order valence-corrected chi connectivity index (χ3v) is 2.46. The Labute approximate surface area is 82.2 Å². The summed E-state index contributed by atoms with van der Waals surface area (Å²) >= 11 is 0. The Kier molecular flexibility index (Phi) is 2.77. The zero-order valence-corrected chi connectivity index (χ0v) is 7.71. The van der Waals surface area contributed by atoms with E-state index >= 15 is 0 Å². The Balaban J connectivity index is 2.09. The minimum Gasteiger partial charge on any atom is -0.394 e. The molecule has 3 atom stereocenters. The Morgan fingerprint density at radius 1 is 1.57 bits per heavy atom. The molecule has 0 radical (unpaired) electrons. The van der Waals surface area contributed by atoms with Crippen molar-refractivity contribution in [3.05, 3.63) is 30.1 Å². The molecular weight excluding hydrogens is 182 g/mol. The highest BCUT2D eigenvalue weighted by Gasteiger charge is 2.34. The van der Waals surface area contributed by atoms with Crippen LogP contribution >= 0.6 is 0 Å². The average molecular weight is 195 g/mol. The van der Waals surface area contributed by atoms with Crippen LogP contribution in [0.5, 0.6) is 0 Å². The second-order valence-electron chi connectivity index (χ2n) is 3.44. The van der Waals surface area contributed by atoms with Crippen molar-refractivity contribution in [2.45, 2.75) is 24.7 Å². The van der Waals surface area contributed by atoms with E-state index < -0.39 is 12.2 Å². The number of aliphatic hydroxyl groups excluding tert-OH is 2. The molecule has 0 unspecified atom stereocenters. The Hall–Kier alpha value is -0.970. The summed E-state index contributed by atoms with van der Waals surface area (Å²) in [6, 6.07) is 3.74.